The summed E-state index contributed by atoms with van der Waals surface area (Å²) in [6.45, 7) is 1.62. The number of piperidine rings is 1. The van der Waals surface area contributed by atoms with Crippen molar-refractivity contribution in [3.63, 3.8) is 0 Å². The number of hydrogen-bond donors (Lipinski definition) is 2. The monoisotopic (exact) mass is 536 g/mol. The number of nitriles is 1. The van der Waals surface area contributed by atoms with Crippen molar-refractivity contribution in [3.05, 3.63) is 83.4 Å². The van der Waals surface area contributed by atoms with Gasteiger partial charge in [0.1, 0.15) is 5.82 Å². The average Bonchev–Trinajstić information content (AvgIpc) is 3.00. The fourth-order valence-corrected chi connectivity index (χ4v) is 5.28. The number of fused-ring (bicyclic) bond motifs is 1. The van der Waals surface area contributed by atoms with E-state index in [0.717, 1.165) is 11.1 Å². The van der Waals surface area contributed by atoms with Crippen LogP contribution in [0.2, 0.25) is 0 Å². The number of benzene rings is 3. The fraction of sp³-hybridized carbons (Fsp3) is 0.290. The van der Waals surface area contributed by atoms with Crippen molar-refractivity contribution in [1.82, 2.24) is 15.3 Å². The molecule has 0 bridgehead atoms. The second-order valence-electron chi connectivity index (χ2n) is 10.1. The first-order valence-corrected chi connectivity index (χ1v) is 13.2. The first kappa shape index (κ1) is 26.8. The molecule has 0 radical (unpaired) electrons. The van der Waals surface area contributed by atoms with Crippen LogP contribution in [-0.4, -0.2) is 43.2 Å². The van der Waals surface area contributed by atoms with E-state index in [2.05, 4.69) is 33.4 Å². The SMILES string of the molecule is COc1cc2nc(N3CCC(Cc4ccccc4)(C(=O)NCc4ccc(C#N)cc4)CC3)nc(N)c2cc1OC. The van der Waals surface area contributed by atoms with E-state index in [1.165, 1.54) is 0 Å². The highest BCUT2D eigenvalue weighted by molar-refractivity contribution is 5.92. The van der Waals surface area contributed by atoms with Crippen molar-refractivity contribution in [3.8, 4) is 17.6 Å². The minimum atomic E-state index is -0.580. The Morgan fingerprint density at radius 1 is 1.00 bits per heavy atom. The van der Waals surface area contributed by atoms with Gasteiger partial charge in [-0.3, -0.25) is 4.79 Å². The number of nitrogens with zero attached hydrogens (tertiary/aromatic N) is 4. The Labute approximate surface area is 233 Å². The van der Waals surface area contributed by atoms with Crippen molar-refractivity contribution >= 4 is 28.6 Å². The third-order valence-electron chi connectivity index (χ3n) is 7.63. The zero-order chi connectivity index (χ0) is 28.1. The summed E-state index contributed by atoms with van der Waals surface area (Å²) in [5.41, 5.74) is 9.09. The zero-order valence-electron chi connectivity index (χ0n) is 22.7. The van der Waals surface area contributed by atoms with Crippen LogP contribution in [0, 0.1) is 16.7 Å². The second kappa shape index (κ2) is 11.5. The average molecular weight is 537 g/mol. The third kappa shape index (κ3) is 5.47. The van der Waals surface area contributed by atoms with Gasteiger partial charge in [-0.15, -0.1) is 0 Å². The lowest BCUT2D eigenvalue weighted by Crippen LogP contribution is -2.50. The van der Waals surface area contributed by atoms with Gasteiger partial charge in [0.05, 0.1) is 36.8 Å². The molecule has 9 nitrogen and oxygen atoms in total. The predicted octanol–water partition coefficient (Wildman–Crippen LogP) is 4.25. The Bertz CT molecular complexity index is 1540. The molecule has 4 aromatic rings. The van der Waals surface area contributed by atoms with Crippen molar-refractivity contribution < 1.29 is 14.3 Å². The van der Waals surface area contributed by atoms with Gasteiger partial charge in [-0.1, -0.05) is 42.5 Å². The van der Waals surface area contributed by atoms with Crippen LogP contribution in [-0.2, 0) is 17.8 Å². The van der Waals surface area contributed by atoms with Gasteiger partial charge in [0.2, 0.25) is 11.9 Å². The standard InChI is InChI=1S/C31H32N6O3/c1-39-26-16-24-25(17-27(26)40-2)35-30(36-28(24)33)37-14-12-31(13-15-37,18-21-6-4-3-5-7-21)29(38)34-20-23-10-8-22(19-32)9-11-23/h3-11,16-17H,12-15,18,20H2,1-2H3,(H,34,38)(H2,33,35,36). The Morgan fingerprint density at radius 2 is 1.68 bits per heavy atom. The molecule has 1 aliphatic rings. The number of carbonyl (C=O) groups is 1. The summed E-state index contributed by atoms with van der Waals surface area (Å²) < 4.78 is 10.8. The Hall–Kier alpha value is -4.84. The lowest BCUT2D eigenvalue weighted by atomic mass is 9.73. The van der Waals surface area contributed by atoms with Gasteiger partial charge in [0.15, 0.2) is 11.5 Å². The molecule has 204 valence electrons. The maximum absolute atomic E-state index is 13.8. The van der Waals surface area contributed by atoms with E-state index in [-0.39, 0.29) is 5.91 Å². The number of hydrogen-bond acceptors (Lipinski definition) is 8. The molecule has 40 heavy (non-hydrogen) atoms. The number of amides is 1. The van der Waals surface area contributed by atoms with Crippen LogP contribution in [0.5, 0.6) is 11.5 Å². The topological polar surface area (TPSA) is 126 Å². The predicted molar refractivity (Wildman–Crippen MR) is 154 cm³/mol. The summed E-state index contributed by atoms with van der Waals surface area (Å²) in [6.07, 6.45) is 1.90. The van der Waals surface area contributed by atoms with Crippen LogP contribution in [0.1, 0.15) is 29.5 Å². The zero-order valence-corrected chi connectivity index (χ0v) is 22.7. The molecular weight excluding hydrogens is 504 g/mol. The van der Waals surface area contributed by atoms with Crippen molar-refractivity contribution in [1.29, 1.82) is 5.26 Å². The van der Waals surface area contributed by atoms with Crippen molar-refractivity contribution in [2.75, 3.05) is 37.9 Å². The largest absolute Gasteiger partial charge is 0.493 e. The van der Waals surface area contributed by atoms with Crippen LogP contribution in [0.15, 0.2) is 66.7 Å². The number of nitrogens with two attached hydrogens (primary N) is 1. The summed E-state index contributed by atoms with van der Waals surface area (Å²) in [5, 5.41) is 12.9. The molecule has 1 aromatic heterocycles. The number of carbonyl (C=O) groups excluding carboxylic acids is 1. The molecule has 0 spiro atoms. The molecule has 0 saturated carbocycles. The van der Waals surface area contributed by atoms with Crippen molar-refractivity contribution in [2.45, 2.75) is 25.8 Å². The van der Waals surface area contributed by atoms with Gasteiger partial charge in [-0.2, -0.15) is 10.2 Å². The smallest absolute Gasteiger partial charge is 0.227 e. The number of rotatable bonds is 8. The minimum absolute atomic E-state index is 0.0242. The molecule has 0 unspecified atom stereocenters. The van der Waals surface area contributed by atoms with Crippen LogP contribution in [0.4, 0.5) is 11.8 Å². The normalized spacial score (nSPS) is 14.4. The number of ether oxygens (including phenoxy) is 2. The Balaban J connectivity index is 1.37. The molecule has 3 N–H and O–H groups in total. The molecule has 1 aliphatic heterocycles. The van der Waals surface area contributed by atoms with E-state index in [0.29, 0.717) is 78.6 Å². The number of aromatic nitrogens is 2. The molecule has 1 amide bonds. The maximum atomic E-state index is 13.8. The van der Waals surface area contributed by atoms with E-state index in [1.807, 2.05) is 30.3 Å². The molecule has 0 aliphatic carbocycles. The number of nitrogen functional groups attached to an aromatic ring is 1. The lowest BCUT2D eigenvalue weighted by molar-refractivity contribution is -0.132. The van der Waals surface area contributed by atoms with E-state index in [1.54, 1.807) is 38.5 Å². The molecule has 2 heterocycles. The Kier molecular flexibility index (Phi) is 7.69. The summed E-state index contributed by atoms with van der Waals surface area (Å²) in [4.78, 5) is 25.2. The summed E-state index contributed by atoms with van der Waals surface area (Å²) in [7, 11) is 3.16. The van der Waals surface area contributed by atoms with Gasteiger partial charge in [-0.05, 0) is 48.6 Å². The van der Waals surface area contributed by atoms with Gasteiger partial charge in [0.25, 0.3) is 0 Å². The molecule has 0 atom stereocenters. The van der Waals surface area contributed by atoms with Gasteiger partial charge < -0.3 is 25.4 Å². The van der Waals surface area contributed by atoms with Crippen LogP contribution in [0.25, 0.3) is 10.9 Å². The molecular formula is C31H32N6O3. The van der Waals surface area contributed by atoms with E-state index in [4.69, 9.17) is 25.5 Å². The van der Waals surface area contributed by atoms with Gasteiger partial charge in [0, 0.05) is 31.1 Å². The highest BCUT2D eigenvalue weighted by Crippen LogP contribution is 2.38. The molecule has 3 aromatic carbocycles. The van der Waals surface area contributed by atoms with Crippen LogP contribution in [0.3, 0.4) is 0 Å². The highest BCUT2D eigenvalue weighted by atomic mass is 16.5. The van der Waals surface area contributed by atoms with Gasteiger partial charge in [-0.25, -0.2) is 4.98 Å². The summed E-state index contributed by atoms with van der Waals surface area (Å²) >= 11 is 0. The van der Waals surface area contributed by atoms with E-state index < -0.39 is 5.41 Å². The molecule has 1 saturated heterocycles. The van der Waals surface area contributed by atoms with Gasteiger partial charge >= 0.3 is 0 Å². The summed E-state index contributed by atoms with van der Waals surface area (Å²) in [5.74, 6) is 2.05. The Morgan fingerprint density at radius 3 is 2.33 bits per heavy atom. The number of anilines is 2. The number of methoxy groups -OCH3 is 2. The maximum Gasteiger partial charge on any atom is 0.227 e. The quantitative estimate of drug-likeness (QED) is 0.342. The van der Waals surface area contributed by atoms with Crippen molar-refractivity contribution in [2.24, 2.45) is 5.41 Å². The molecule has 5 rings (SSSR count). The molecule has 1 fully saturated rings. The van der Waals surface area contributed by atoms with Crippen LogP contribution < -0.4 is 25.4 Å². The highest BCUT2D eigenvalue weighted by Gasteiger charge is 2.42. The minimum Gasteiger partial charge on any atom is -0.493 e. The van der Waals surface area contributed by atoms with E-state index >= 15 is 0 Å². The second-order valence-corrected chi connectivity index (χ2v) is 10.1. The molecule has 9 heteroatoms. The first-order chi connectivity index (χ1) is 19.4. The first-order valence-electron chi connectivity index (χ1n) is 13.2. The lowest BCUT2D eigenvalue weighted by Gasteiger charge is -2.41. The van der Waals surface area contributed by atoms with Crippen LogP contribution >= 0.6 is 0 Å². The third-order valence-corrected chi connectivity index (χ3v) is 7.63. The summed E-state index contributed by atoms with van der Waals surface area (Å²) in [6, 6.07) is 23.1. The van der Waals surface area contributed by atoms with E-state index in [9.17, 15) is 4.79 Å². The fourth-order valence-electron chi connectivity index (χ4n) is 5.28. The number of nitrogens with one attached hydrogen (secondary N) is 1.